The van der Waals surface area contributed by atoms with Gasteiger partial charge in [-0.2, -0.15) is 5.10 Å². The molecular formula is C14H23F2N3O. The second kappa shape index (κ2) is 6.08. The Labute approximate surface area is 118 Å². The first-order valence-corrected chi connectivity index (χ1v) is 7.14. The molecule has 0 saturated carbocycles. The van der Waals surface area contributed by atoms with Gasteiger partial charge < -0.3 is 10.1 Å². The van der Waals surface area contributed by atoms with Gasteiger partial charge >= 0.3 is 0 Å². The van der Waals surface area contributed by atoms with Gasteiger partial charge in [-0.3, -0.25) is 4.68 Å². The summed E-state index contributed by atoms with van der Waals surface area (Å²) in [4.78, 5) is 0. The number of alkyl halides is 2. The average molecular weight is 287 g/mol. The molecule has 6 heteroatoms. The summed E-state index contributed by atoms with van der Waals surface area (Å²) in [5.41, 5.74) is 1.59. The molecule has 0 bridgehead atoms. The van der Waals surface area contributed by atoms with Crippen molar-refractivity contribution in [1.29, 1.82) is 0 Å². The Morgan fingerprint density at radius 3 is 2.95 bits per heavy atom. The molecule has 0 amide bonds. The fraction of sp³-hybridized carbons (Fsp3) is 0.786. The standard InChI is InChI=1S/C14H23F2N3O/c1-10(2)9-19-11(3)12(8-17-19)18-13-4-6-20-7-5-14(13,15)16/h8,10,13,18H,4-7,9H2,1-3H3. The molecule has 4 nitrogen and oxygen atoms in total. The number of hydrogen-bond donors (Lipinski definition) is 1. The molecule has 1 aliphatic rings. The van der Waals surface area contributed by atoms with Crippen LogP contribution >= 0.6 is 0 Å². The zero-order valence-electron chi connectivity index (χ0n) is 12.3. The summed E-state index contributed by atoms with van der Waals surface area (Å²) in [6.45, 7) is 7.39. The fourth-order valence-corrected chi connectivity index (χ4v) is 2.38. The quantitative estimate of drug-likeness (QED) is 0.925. The van der Waals surface area contributed by atoms with Crippen molar-refractivity contribution in [3.05, 3.63) is 11.9 Å². The molecule has 2 heterocycles. The van der Waals surface area contributed by atoms with Crippen LogP contribution in [0, 0.1) is 12.8 Å². The minimum atomic E-state index is -2.75. The molecule has 114 valence electrons. The van der Waals surface area contributed by atoms with E-state index in [2.05, 4.69) is 24.3 Å². The van der Waals surface area contributed by atoms with Gasteiger partial charge in [0.2, 0.25) is 0 Å². The minimum Gasteiger partial charge on any atom is -0.381 e. The van der Waals surface area contributed by atoms with E-state index in [0.717, 1.165) is 12.2 Å². The van der Waals surface area contributed by atoms with Crippen LogP contribution in [0.3, 0.4) is 0 Å². The molecule has 2 rings (SSSR count). The summed E-state index contributed by atoms with van der Waals surface area (Å²) in [5, 5.41) is 7.23. The first-order valence-electron chi connectivity index (χ1n) is 7.14. The van der Waals surface area contributed by atoms with Crippen molar-refractivity contribution in [2.45, 2.75) is 52.1 Å². The Kier molecular flexibility index (Phi) is 4.62. The monoisotopic (exact) mass is 287 g/mol. The van der Waals surface area contributed by atoms with Crippen LogP contribution in [0.4, 0.5) is 14.5 Å². The van der Waals surface area contributed by atoms with E-state index in [1.807, 2.05) is 11.6 Å². The largest absolute Gasteiger partial charge is 0.381 e. The third-order valence-corrected chi connectivity index (χ3v) is 3.61. The van der Waals surface area contributed by atoms with Gasteiger partial charge in [0.15, 0.2) is 0 Å². The van der Waals surface area contributed by atoms with Gasteiger partial charge in [-0.15, -0.1) is 0 Å². The lowest BCUT2D eigenvalue weighted by Crippen LogP contribution is -2.39. The van der Waals surface area contributed by atoms with Crippen LogP contribution in [0.15, 0.2) is 6.20 Å². The third-order valence-electron chi connectivity index (χ3n) is 3.61. The highest BCUT2D eigenvalue weighted by Crippen LogP contribution is 2.31. The van der Waals surface area contributed by atoms with Crippen LogP contribution in [-0.4, -0.2) is 35.0 Å². The van der Waals surface area contributed by atoms with E-state index < -0.39 is 12.0 Å². The van der Waals surface area contributed by atoms with Crippen LogP contribution in [-0.2, 0) is 11.3 Å². The van der Waals surface area contributed by atoms with Gasteiger partial charge in [0.1, 0.15) is 0 Å². The second-order valence-corrected chi connectivity index (χ2v) is 5.83. The van der Waals surface area contributed by atoms with Gasteiger partial charge in [0.25, 0.3) is 5.92 Å². The fourth-order valence-electron chi connectivity index (χ4n) is 2.38. The van der Waals surface area contributed by atoms with Gasteiger partial charge in [-0.1, -0.05) is 13.8 Å². The Morgan fingerprint density at radius 1 is 1.50 bits per heavy atom. The number of hydrogen-bond acceptors (Lipinski definition) is 3. The Balaban J connectivity index is 2.10. The SMILES string of the molecule is Cc1c(NC2CCOCCC2(F)F)cnn1CC(C)C. The van der Waals surface area contributed by atoms with Gasteiger partial charge in [-0.05, 0) is 19.3 Å². The second-order valence-electron chi connectivity index (χ2n) is 5.83. The highest BCUT2D eigenvalue weighted by Gasteiger charge is 2.40. The molecule has 1 saturated heterocycles. The third kappa shape index (κ3) is 3.48. The van der Waals surface area contributed by atoms with Crippen molar-refractivity contribution >= 4 is 5.69 Å². The first-order chi connectivity index (χ1) is 9.40. The van der Waals surface area contributed by atoms with Gasteiger partial charge in [-0.25, -0.2) is 8.78 Å². The van der Waals surface area contributed by atoms with E-state index in [-0.39, 0.29) is 13.0 Å². The zero-order chi connectivity index (χ0) is 14.8. The van der Waals surface area contributed by atoms with Crippen molar-refractivity contribution in [1.82, 2.24) is 9.78 Å². The highest BCUT2D eigenvalue weighted by atomic mass is 19.3. The van der Waals surface area contributed by atoms with Crippen LogP contribution in [0.2, 0.25) is 0 Å². The molecule has 1 aromatic rings. The number of anilines is 1. The number of halogens is 2. The van der Waals surface area contributed by atoms with E-state index in [9.17, 15) is 8.78 Å². The van der Waals surface area contributed by atoms with Crippen LogP contribution in [0.25, 0.3) is 0 Å². The number of rotatable bonds is 4. The van der Waals surface area contributed by atoms with Crippen molar-refractivity contribution in [2.75, 3.05) is 18.5 Å². The highest BCUT2D eigenvalue weighted by molar-refractivity contribution is 5.47. The molecule has 0 spiro atoms. The molecule has 0 radical (unpaired) electrons. The minimum absolute atomic E-state index is 0.122. The van der Waals surface area contributed by atoms with E-state index in [0.29, 0.717) is 24.6 Å². The molecule has 1 atom stereocenters. The molecule has 1 N–H and O–H groups in total. The lowest BCUT2D eigenvalue weighted by molar-refractivity contribution is -0.0275. The summed E-state index contributed by atoms with van der Waals surface area (Å²) in [6, 6.07) is -0.889. The van der Waals surface area contributed by atoms with E-state index >= 15 is 0 Å². The Morgan fingerprint density at radius 2 is 2.25 bits per heavy atom. The van der Waals surface area contributed by atoms with E-state index in [1.54, 1.807) is 6.20 Å². The van der Waals surface area contributed by atoms with Gasteiger partial charge in [0, 0.05) is 19.6 Å². The topological polar surface area (TPSA) is 39.1 Å². The molecule has 0 aliphatic carbocycles. The number of aromatic nitrogens is 2. The predicted octanol–water partition coefficient (Wildman–Crippen LogP) is 3.07. The molecule has 20 heavy (non-hydrogen) atoms. The molecule has 1 aliphatic heterocycles. The summed E-state index contributed by atoms with van der Waals surface area (Å²) < 4.78 is 35.0. The average Bonchev–Trinajstić information content (AvgIpc) is 2.58. The molecule has 0 aromatic carbocycles. The lowest BCUT2D eigenvalue weighted by Gasteiger charge is -2.25. The van der Waals surface area contributed by atoms with E-state index in [4.69, 9.17) is 4.74 Å². The maximum absolute atomic E-state index is 14.0. The summed E-state index contributed by atoms with van der Waals surface area (Å²) in [7, 11) is 0. The van der Waals surface area contributed by atoms with Crippen LogP contribution in [0.5, 0.6) is 0 Å². The summed E-state index contributed by atoms with van der Waals surface area (Å²) in [5.74, 6) is -2.28. The maximum atomic E-state index is 14.0. The van der Waals surface area contributed by atoms with E-state index in [1.165, 1.54) is 0 Å². The normalized spacial score (nSPS) is 22.8. The van der Waals surface area contributed by atoms with Crippen molar-refractivity contribution in [2.24, 2.45) is 5.92 Å². The van der Waals surface area contributed by atoms with Crippen molar-refractivity contribution in [3.8, 4) is 0 Å². The van der Waals surface area contributed by atoms with Crippen molar-refractivity contribution in [3.63, 3.8) is 0 Å². The number of nitrogens with one attached hydrogen (secondary N) is 1. The maximum Gasteiger partial charge on any atom is 0.270 e. The summed E-state index contributed by atoms with van der Waals surface area (Å²) >= 11 is 0. The Bertz CT molecular complexity index is 446. The van der Waals surface area contributed by atoms with Crippen LogP contribution < -0.4 is 5.32 Å². The molecule has 1 fully saturated rings. The number of nitrogens with zero attached hydrogens (tertiary/aromatic N) is 2. The lowest BCUT2D eigenvalue weighted by atomic mass is 10.0. The Hall–Kier alpha value is -1.17. The summed E-state index contributed by atoms with van der Waals surface area (Å²) in [6.07, 6.45) is 1.71. The smallest absolute Gasteiger partial charge is 0.270 e. The zero-order valence-corrected chi connectivity index (χ0v) is 12.3. The predicted molar refractivity (Wildman–Crippen MR) is 74.2 cm³/mol. The van der Waals surface area contributed by atoms with Crippen molar-refractivity contribution < 1.29 is 13.5 Å². The molecule has 1 unspecified atom stereocenters. The molecular weight excluding hydrogens is 264 g/mol. The van der Waals surface area contributed by atoms with Gasteiger partial charge in [0.05, 0.1) is 30.2 Å². The number of ether oxygens (including phenoxy) is 1. The molecule has 1 aromatic heterocycles. The first kappa shape index (κ1) is 15.2. The van der Waals surface area contributed by atoms with Crippen LogP contribution in [0.1, 0.15) is 32.4 Å².